The zero-order valence-electron chi connectivity index (χ0n) is 10.7. The molecule has 0 radical (unpaired) electrons. The fourth-order valence-electron chi connectivity index (χ4n) is 1.58. The lowest BCUT2D eigenvalue weighted by molar-refractivity contribution is 0.256. The number of benzene rings is 1. The summed E-state index contributed by atoms with van der Waals surface area (Å²) in [6.45, 7) is 3.44. The Balaban J connectivity index is 2.99. The zero-order valence-corrected chi connectivity index (χ0v) is 11.5. The van der Waals surface area contributed by atoms with E-state index in [1.54, 1.807) is 13.8 Å². The molecule has 1 aromatic carbocycles. The van der Waals surface area contributed by atoms with Gasteiger partial charge in [0, 0.05) is 12.6 Å². The largest absolute Gasteiger partial charge is 0.396 e. The SMILES string of the molecule is CC(C)C(CCO)NS(=O)(=O)c1ccc(F)c(F)c1. The number of hydrogen-bond donors (Lipinski definition) is 2. The van der Waals surface area contributed by atoms with Crippen LogP contribution in [0.5, 0.6) is 0 Å². The normalized spacial score (nSPS) is 13.8. The van der Waals surface area contributed by atoms with Gasteiger partial charge in [0.15, 0.2) is 11.6 Å². The van der Waals surface area contributed by atoms with E-state index in [0.717, 1.165) is 12.1 Å². The molecule has 0 aliphatic rings. The smallest absolute Gasteiger partial charge is 0.240 e. The van der Waals surface area contributed by atoms with Crippen LogP contribution in [0.25, 0.3) is 0 Å². The highest BCUT2D eigenvalue weighted by Crippen LogP contribution is 2.16. The van der Waals surface area contributed by atoms with Crippen LogP contribution in [0, 0.1) is 17.6 Å². The van der Waals surface area contributed by atoms with E-state index < -0.39 is 27.7 Å². The summed E-state index contributed by atoms with van der Waals surface area (Å²) in [6, 6.07) is 1.92. The number of aliphatic hydroxyl groups is 1. The van der Waals surface area contributed by atoms with E-state index in [1.807, 2.05) is 0 Å². The second-order valence-corrected chi connectivity index (χ2v) is 6.27. The van der Waals surface area contributed by atoms with Gasteiger partial charge in [0.05, 0.1) is 4.90 Å². The van der Waals surface area contributed by atoms with Crippen LogP contribution in [0.3, 0.4) is 0 Å². The summed E-state index contributed by atoms with van der Waals surface area (Å²) in [4.78, 5) is -0.338. The monoisotopic (exact) mass is 293 g/mol. The maximum absolute atomic E-state index is 13.0. The van der Waals surface area contributed by atoms with Crippen LogP contribution >= 0.6 is 0 Å². The molecule has 0 aromatic heterocycles. The van der Waals surface area contributed by atoms with E-state index in [4.69, 9.17) is 5.11 Å². The van der Waals surface area contributed by atoms with Crippen LogP contribution in [0.15, 0.2) is 23.1 Å². The molecule has 7 heteroatoms. The Morgan fingerprint density at radius 1 is 1.26 bits per heavy atom. The van der Waals surface area contributed by atoms with Crippen molar-refractivity contribution >= 4 is 10.0 Å². The molecule has 0 saturated heterocycles. The van der Waals surface area contributed by atoms with Crippen LogP contribution < -0.4 is 4.72 Å². The second-order valence-electron chi connectivity index (χ2n) is 4.56. The van der Waals surface area contributed by atoms with Crippen molar-refractivity contribution in [2.45, 2.75) is 31.2 Å². The number of rotatable bonds is 6. The van der Waals surface area contributed by atoms with Crippen LogP contribution in [0.2, 0.25) is 0 Å². The van der Waals surface area contributed by atoms with Crippen LogP contribution in [0.1, 0.15) is 20.3 Å². The molecule has 0 amide bonds. The molecule has 0 saturated carbocycles. The van der Waals surface area contributed by atoms with Gasteiger partial charge in [0.25, 0.3) is 0 Å². The summed E-state index contributed by atoms with van der Waals surface area (Å²) in [5.74, 6) is -2.35. The molecule has 1 atom stereocenters. The third-order valence-corrected chi connectivity index (χ3v) is 4.24. The Labute approximate surface area is 111 Å². The van der Waals surface area contributed by atoms with E-state index in [1.165, 1.54) is 0 Å². The van der Waals surface area contributed by atoms with E-state index in [9.17, 15) is 17.2 Å². The minimum atomic E-state index is -3.93. The summed E-state index contributed by atoms with van der Waals surface area (Å²) < 4.78 is 52.2. The fraction of sp³-hybridized carbons (Fsp3) is 0.500. The van der Waals surface area contributed by atoms with E-state index in [0.29, 0.717) is 6.07 Å². The minimum absolute atomic E-state index is 0.0350. The van der Waals surface area contributed by atoms with Gasteiger partial charge in [-0.3, -0.25) is 0 Å². The topological polar surface area (TPSA) is 66.4 Å². The predicted octanol–water partition coefficient (Wildman–Crippen LogP) is 1.65. The van der Waals surface area contributed by atoms with Crippen molar-refractivity contribution in [1.82, 2.24) is 4.72 Å². The summed E-state index contributed by atoms with van der Waals surface area (Å²) in [7, 11) is -3.93. The Hall–Kier alpha value is -1.05. The maximum Gasteiger partial charge on any atom is 0.240 e. The lowest BCUT2D eigenvalue weighted by Gasteiger charge is -2.21. The van der Waals surface area contributed by atoms with E-state index in [2.05, 4.69) is 4.72 Å². The quantitative estimate of drug-likeness (QED) is 0.838. The van der Waals surface area contributed by atoms with Crippen molar-refractivity contribution in [3.63, 3.8) is 0 Å². The van der Waals surface area contributed by atoms with Gasteiger partial charge in [-0.1, -0.05) is 13.8 Å². The lowest BCUT2D eigenvalue weighted by atomic mass is 10.0. The highest BCUT2D eigenvalue weighted by Gasteiger charge is 2.23. The number of halogens is 2. The molecule has 19 heavy (non-hydrogen) atoms. The van der Waals surface area contributed by atoms with Crippen molar-refractivity contribution < 1.29 is 22.3 Å². The summed E-state index contributed by atoms with van der Waals surface area (Å²) >= 11 is 0. The second kappa shape index (κ2) is 6.40. The van der Waals surface area contributed by atoms with Gasteiger partial charge in [-0.05, 0) is 30.5 Å². The van der Waals surface area contributed by atoms with Gasteiger partial charge >= 0.3 is 0 Å². The molecule has 0 fully saturated rings. The minimum Gasteiger partial charge on any atom is -0.396 e. The molecule has 2 N–H and O–H groups in total. The molecule has 0 heterocycles. The van der Waals surface area contributed by atoms with Gasteiger partial charge < -0.3 is 5.11 Å². The summed E-state index contributed by atoms with van der Waals surface area (Å²) in [5.41, 5.74) is 0. The van der Waals surface area contributed by atoms with Crippen LogP contribution in [-0.4, -0.2) is 26.2 Å². The van der Waals surface area contributed by atoms with Gasteiger partial charge in [0.2, 0.25) is 10.0 Å². The predicted molar refractivity (Wildman–Crippen MR) is 67.0 cm³/mol. The molecule has 0 aliphatic carbocycles. The van der Waals surface area contributed by atoms with E-state index >= 15 is 0 Å². The Morgan fingerprint density at radius 3 is 2.37 bits per heavy atom. The van der Waals surface area contributed by atoms with Crippen LogP contribution in [0.4, 0.5) is 8.78 Å². The molecule has 1 unspecified atom stereocenters. The van der Waals surface area contributed by atoms with Crippen LogP contribution in [-0.2, 0) is 10.0 Å². The molecular weight excluding hydrogens is 276 g/mol. The molecule has 0 aliphatic heterocycles. The first-order valence-electron chi connectivity index (χ1n) is 5.86. The molecule has 108 valence electrons. The molecule has 0 spiro atoms. The number of sulfonamides is 1. The first-order valence-corrected chi connectivity index (χ1v) is 7.34. The highest BCUT2D eigenvalue weighted by atomic mass is 32.2. The zero-order chi connectivity index (χ0) is 14.6. The van der Waals surface area contributed by atoms with Crippen molar-refractivity contribution in [3.05, 3.63) is 29.8 Å². The Bertz CT molecular complexity index is 532. The third-order valence-electron chi connectivity index (χ3n) is 2.75. The average molecular weight is 293 g/mol. The van der Waals surface area contributed by atoms with Gasteiger partial charge in [-0.2, -0.15) is 0 Å². The molecule has 0 bridgehead atoms. The Morgan fingerprint density at radius 2 is 1.89 bits per heavy atom. The van der Waals surface area contributed by atoms with Crippen molar-refractivity contribution in [3.8, 4) is 0 Å². The number of aliphatic hydroxyl groups excluding tert-OH is 1. The molecule has 1 aromatic rings. The lowest BCUT2D eigenvalue weighted by Crippen LogP contribution is -2.39. The van der Waals surface area contributed by atoms with Crippen molar-refractivity contribution in [2.75, 3.05) is 6.61 Å². The standard InChI is InChI=1S/C12H17F2NO3S/c1-8(2)12(5-6-16)15-19(17,18)9-3-4-10(13)11(14)7-9/h3-4,7-8,12,15-16H,5-6H2,1-2H3. The molecular formula is C12H17F2NO3S. The first kappa shape index (κ1) is 16.0. The fourth-order valence-corrected chi connectivity index (χ4v) is 3.01. The van der Waals surface area contributed by atoms with Crippen molar-refractivity contribution in [2.24, 2.45) is 5.92 Å². The molecule has 1 rings (SSSR count). The van der Waals surface area contributed by atoms with Crippen molar-refractivity contribution in [1.29, 1.82) is 0 Å². The average Bonchev–Trinajstić information content (AvgIpc) is 2.31. The van der Waals surface area contributed by atoms with Gasteiger partial charge in [-0.15, -0.1) is 0 Å². The maximum atomic E-state index is 13.0. The van der Waals surface area contributed by atoms with E-state index in [-0.39, 0.29) is 23.8 Å². The van der Waals surface area contributed by atoms with Gasteiger partial charge in [0.1, 0.15) is 0 Å². The number of hydrogen-bond acceptors (Lipinski definition) is 3. The number of nitrogens with one attached hydrogen (secondary N) is 1. The molecule has 4 nitrogen and oxygen atoms in total. The summed E-state index contributed by atoms with van der Waals surface area (Å²) in [5, 5.41) is 8.89. The first-order chi connectivity index (χ1) is 8.77. The third kappa shape index (κ3) is 4.22. The highest BCUT2D eigenvalue weighted by molar-refractivity contribution is 7.89. The van der Waals surface area contributed by atoms with Gasteiger partial charge in [-0.25, -0.2) is 21.9 Å². The Kier molecular flexibility index (Phi) is 5.39. The summed E-state index contributed by atoms with van der Waals surface area (Å²) in [6.07, 6.45) is 0.251.